The van der Waals surface area contributed by atoms with Crippen molar-refractivity contribution in [3.8, 4) is 0 Å². The first-order chi connectivity index (χ1) is 15.1. The number of Topliss-reactive ketones (excluding diaryl/α,β-unsaturated/α-hetero) is 1. The fraction of sp³-hybridized carbons (Fsp3) is 0.741. The van der Waals surface area contributed by atoms with Gasteiger partial charge in [0.05, 0.1) is 6.10 Å². The highest BCUT2D eigenvalue weighted by Gasteiger charge is 2.56. The molecule has 0 aliphatic heterocycles. The number of hydrogen-bond acceptors (Lipinski definition) is 3. The summed E-state index contributed by atoms with van der Waals surface area (Å²) in [5.41, 5.74) is 9.83. The molecule has 3 aliphatic carbocycles. The van der Waals surface area contributed by atoms with Crippen molar-refractivity contribution in [2.75, 3.05) is 0 Å². The maximum atomic E-state index is 13.5. The normalized spacial score (nSPS) is 40.9. The first kappa shape index (κ1) is 23.3. The topological polar surface area (TPSA) is 86.1 Å². The standard InChI is InChI=1S/C27H39N3O2/c1-16-6-9-19-15-23-17(2)14-21(24(31)18-7-10-20(11-8-18)29-30-28)25(32)27(23,5)13-12-22(16)26(19,3)4/h7-8,10-11,16-17,19,21-23,25,32H,6,9,12-15H2,1-5H3/t16-,17-,19+,21?,22+,23-,25?,27+/m1/s1. The smallest absolute Gasteiger partial charge is 0.168 e. The summed E-state index contributed by atoms with van der Waals surface area (Å²) in [6.45, 7) is 11.9. The Morgan fingerprint density at radius 3 is 2.38 bits per heavy atom. The zero-order valence-corrected chi connectivity index (χ0v) is 20.3. The van der Waals surface area contributed by atoms with E-state index in [-0.39, 0.29) is 17.1 Å². The number of benzene rings is 1. The SMILES string of the molecule is C[C@@H]1CC(C(=O)c2ccc(N=[N+]=[N-])cc2)C(O)[C@@]2(C)CC[C@H]3[C@H](C)CC[C@@H](C[C@H]12)C3(C)C. The monoisotopic (exact) mass is 437 g/mol. The van der Waals surface area contributed by atoms with Crippen molar-refractivity contribution >= 4 is 11.5 Å². The van der Waals surface area contributed by atoms with Crippen LogP contribution < -0.4 is 0 Å². The second kappa shape index (κ2) is 8.50. The van der Waals surface area contributed by atoms with Crippen LogP contribution in [0.15, 0.2) is 29.4 Å². The minimum Gasteiger partial charge on any atom is -0.392 e. The van der Waals surface area contributed by atoms with E-state index in [0.29, 0.717) is 40.3 Å². The van der Waals surface area contributed by atoms with Crippen LogP contribution in [0.2, 0.25) is 0 Å². The van der Waals surface area contributed by atoms with Gasteiger partial charge < -0.3 is 5.11 Å². The Hall–Kier alpha value is -1.84. The second-order valence-electron chi connectivity index (χ2n) is 11.9. The van der Waals surface area contributed by atoms with Crippen LogP contribution >= 0.6 is 0 Å². The van der Waals surface area contributed by atoms with Crippen LogP contribution in [0.5, 0.6) is 0 Å². The number of carbonyl (C=O) groups is 1. The molecular weight excluding hydrogens is 398 g/mol. The summed E-state index contributed by atoms with van der Waals surface area (Å²) in [7, 11) is 0. The molecule has 1 N–H and O–H groups in total. The molecule has 4 rings (SSSR count). The summed E-state index contributed by atoms with van der Waals surface area (Å²) in [5.74, 6) is 2.62. The van der Waals surface area contributed by atoms with Crippen molar-refractivity contribution < 1.29 is 9.90 Å². The van der Waals surface area contributed by atoms with E-state index in [2.05, 4.69) is 44.6 Å². The van der Waals surface area contributed by atoms with E-state index in [1.807, 2.05) is 0 Å². The largest absolute Gasteiger partial charge is 0.392 e. The number of aliphatic hydroxyl groups excluding tert-OH is 1. The average Bonchev–Trinajstić information content (AvgIpc) is 2.75. The van der Waals surface area contributed by atoms with Crippen LogP contribution in [0.25, 0.3) is 10.4 Å². The Morgan fingerprint density at radius 1 is 1.03 bits per heavy atom. The van der Waals surface area contributed by atoms with E-state index in [1.54, 1.807) is 24.3 Å². The Kier molecular flexibility index (Phi) is 6.19. The number of azide groups is 1. The van der Waals surface area contributed by atoms with Crippen molar-refractivity contribution in [2.24, 2.45) is 51.5 Å². The number of carbonyl (C=O) groups excluding carboxylic acids is 1. The van der Waals surface area contributed by atoms with Gasteiger partial charge in [-0.25, -0.2) is 0 Å². The molecule has 5 heteroatoms. The summed E-state index contributed by atoms with van der Waals surface area (Å²) in [6, 6.07) is 6.81. The van der Waals surface area contributed by atoms with Crippen molar-refractivity contribution in [3.05, 3.63) is 40.3 Å². The summed E-state index contributed by atoms with van der Waals surface area (Å²) in [5, 5.41) is 15.3. The van der Waals surface area contributed by atoms with Gasteiger partial charge in [-0.15, -0.1) is 0 Å². The molecule has 1 aromatic rings. The molecule has 0 amide bonds. The van der Waals surface area contributed by atoms with Crippen LogP contribution in [0.3, 0.4) is 0 Å². The molecule has 0 heterocycles. The Labute approximate surface area is 192 Å². The van der Waals surface area contributed by atoms with E-state index >= 15 is 0 Å². The predicted molar refractivity (Wildman–Crippen MR) is 127 cm³/mol. The minimum atomic E-state index is -0.620. The predicted octanol–water partition coefficient (Wildman–Crippen LogP) is 7.32. The molecule has 2 unspecified atom stereocenters. The van der Waals surface area contributed by atoms with Gasteiger partial charge in [0.2, 0.25) is 0 Å². The molecule has 0 aromatic heterocycles. The Morgan fingerprint density at radius 2 is 1.72 bits per heavy atom. The zero-order chi connectivity index (χ0) is 23.3. The summed E-state index contributed by atoms with van der Waals surface area (Å²) in [6.07, 6.45) is 6.05. The third kappa shape index (κ3) is 3.78. The molecule has 32 heavy (non-hydrogen) atoms. The van der Waals surface area contributed by atoms with Crippen LogP contribution in [0, 0.1) is 46.3 Å². The van der Waals surface area contributed by atoms with E-state index in [0.717, 1.165) is 25.2 Å². The highest BCUT2D eigenvalue weighted by Crippen LogP contribution is 2.61. The van der Waals surface area contributed by atoms with Crippen molar-refractivity contribution in [3.63, 3.8) is 0 Å². The number of rotatable bonds is 3. The minimum absolute atomic E-state index is 0.0208. The molecule has 0 saturated heterocycles. The van der Waals surface area contributed by atoms with Crippen LogP contribution in [-0.4, -0.2) is 17.0 Å². The lowest BCUT2D eigenvalue weighted by Crippen LogP contribution is -2.56. The first-order valence-electron chi connectivity index (χ1n) is 12.5. The van der Waals surface area contributed by atoms with Crippen molar-refractivity contribution in [2.45, 2.75) is 79.2 Å². The molecular formula is C27H39N3O2. The van der Waals surface area contributed by atoms with E-state index in [4.69, 9.17) is 5.53 Å². The molecule has 3 fully saturated rings. The number of nitrogens with zero attached hydrogens (tertiary/aromatic N) is 3. The van der Waals surface area contributed by atoms with Crippen LogP contribution in [-0.2, 0) is 0 Å². The number of ketones is 1. The van der Waals surface area contributed by atoms with Gasteiger partial charge in [0, 0.05) is 22.1 Å². The molecule has 174 valence electrons. The van der Waals surface area contributed by atoms with Crippen LogP contribution in [0.1, 0.15) is 83.5 Å². The molecule has 3 aliphatic rings. The van der Waals surface area contributed by atoms with Gasteiger partial charge in [0.1, 0.15) is 0 Å². The van der Waals surface area contributed by atoms with E-state index in [9.17, 15) is 9.90 Å². The van der Waals surface area contributed by atoms with E-state index in [1.165, 1.54) is 19.3 Å². The van der Waals surface area contributed by atoms with Gasteiger partial charge >= 0.3 is 0 Å². The lowest BCUT2D eigenvalue weighted by molar-refractivity contribution is -0.135. The lowest BCUT2D eigenvalue weighted by atomic mass is 9.47. The Bertz CT molecular complexity index is 904. The maximum Gasteiger partial charge on any atom is 0.168 e. The summed E-state index contributed by atoms with van der Waals surface area (Å²) >= 11 is 0. The third-order valence-electron chi connectivity index (χ3n) is 10.1. The van der Waals surface area contributed by atoms with E-state index < -0.39 is 6.10 Å². The average molecular weight is 438 g/mol. The van der Waals surface area contributed by atoms with Crippen molar-refractivity contribution in [1.82, 2.24) is 0 Å². The van der Waals surface area contributed by atoms with Gasteiger partial charge in [-0.3, -0.25) is 4.79 Å². The lowest BCUT2D eigenvalue weighted by Gasteiger charge is -2.59. The molecule has 5 nitrogen and oxygen atoms in total. The Balaban J connectivity index is 1.62. The molecule has 3 saturated carbocycles. The first-order valence-corrected chi connectivity index (χ1v) is 12.5. The molecule has 2 bridgehead atoms. The zero-order valence-electron chi connectivity index (χ0n) is 20.3. The highest BCUT2D eigenvalue weighted by molar-refractivity contribution is 5.98. The number of fused-ring (bicyclic) bond motifs is 3. The fourth-order valence-corrected chi connectivity index (χ4v) is 7.99. The quantitative estimate of drug-likeness (QED) is 0.232. The number of hydrogen-bond donors (Lipinski definition) is 1. The molecule has 0 spiro atoms. The third-order valence-corrected chi connectivity index (χ3v) is 10.1. The maximum absolute atomic E-state index is 13.5. The number of aliphatic hydroxyl groups is 1. The van der Waals surface area contributed by atoms with Crippen LogP contribution in [0.4, 0.5) is 5.69 Å². The van der Waals surface area contributed by atoms with Gasteiger partial charge in [-0.05, 0) is 78.1 Å². The highest BCUT2D eigenvalue weighted by atomic mass is 16.3. The fourth-order valence-electron chi connectivity index (χ4n) is 7.99. The summed E-state index contributed by atoms with van der Waals surface area (Å²) in [4.78, 5) is 16.3. The molecule has 8 atom stereocenters. The van der Waals surface area contributed by atoms with Crippen molar-refractivity contribution in [1.29, 1.82) is 0 Å². The van der Waals surface area contributed by atoms with Gasteiger partial charge in [-0.1, -0.05) is 70.4 Å². The molecule has 1 aromatic carbocycles. The van der Waals surface area contributed by atoms with Gasteiger partial charge in [0.15, 0.2) is 5.78 Å². The van der Waals surface area contributed by atoms with Gasteiger partial charge in [-0.2, -0.15) is 0 Å². The molecule has 0 radical (unpaired) electrons. The second-order valence-corrected chi connectivity index (χ2v) is 11.9. The summed E-state index contributed by atoms with van der Waals surface area (Å²) < 4.78 is 0. The van der Waals surface area contributed by atoms with Gasteiger partial charge in [0.25, 0.3) is 0 Å².